The van der Waals surface area contributed by atoms with Crippen LogP contribution in [0.3, 0.4) is 0 Å². The van der Waals surface area contributed by atoms with Gasteiger partial charge in [0, 0.05) is 28.9 Å². The van der Waals surface area contributed by atoms with Crippen LogP contribution in [0.2, 0.25) is 0 Å². The average Bonchev–Trinajstić information content (AvgIpc) is 3.14. The van der Waals surface area contributed by atoms with Gasteiger partial charge in [0.25, 0.3) is 0 Å². The Labute approximate surface area is 104 Å². The highest BCUT2D eigenvalue weighted by molar-refractivity contribution is 6.05. The second-order valence-corrected chi connectivity index (χ2v) is 5.19. The van der Waals surface area contributed by atoms with Gasteiger partial charge in [-0.1, -0.05) is 18.6 Å². The van der Waals surface area contributed by atoms with Crippen molar-refractivity contribution in [2.24, 2.45) is 5.92 Å². The molecule has 1 saturated carbocycles. The van der Waals surface area contributed by atoms with Gasteiger partial charge in [-0.3, -0.25) is 0 Å². The van der Waals surface area contributed by atoms with Gasteiger partial charge in [-0.05, 0) is 45.2 Å². The third kappa shape index (κ3) is 2.87. The van der Waals surface area contributed by atoms with Crippen molar-refractivity contribution in [3.8, 4) is 0 Å². The minimum Gasteiger partial charge on any atom is -0.382 e. The molecule has 2 N–H and O–H groups in total. The lowest BCUT2D eigenvalue weighted by Crippen LogP contribution is -2.16. The van der Waals surface area contributed by atoms with Gasteiger partial charge in [0.2, 0.25) is 0 Å². The van der Waals surface area contributed by atoms with E-state index in [1.807, 2.05) is 0 Å². The fraction of sp³-hybridized carbons (Fsp3) is 0.533. The van der Waals surface area contributed by atoms with E-state index in [1.54, 1.807) is 0 Å². The van der Waals surface area contributed by atoms with Crippen LogP contribution in [0.1, 0.15) is 44.2 Å². The highest BCUT2D eigenvalue weighted by Crippen LogP contribution is 2.35. The molecule has 0 heterocycles. The summed E-state index contributed by atoms with van der Waals surface area (Å²) in [4.78, 5) is 0. The lowest BCUT2D eigenvalue weighted by Gasteiger charge is -2.17. The predicted molar refractivity (Wildman–Crippen MR) is 74.1 cm³/mol. The van der Waals surface area contributed by atoms with Crippen molar-refractivity contribution in [1.29, 1.82) is 5.41 Å². The maximum absolute atomic E-state index is 8.25. The minimum atomic E-state index is 0.462. The van der Waals surface area contributed by atoms with Gasteiger partial charge in [-0.2, -0.15) is 0 Å². The molecule has 0 unspecified atom stereocenters. The molecule has 2 rings (SSSR count). The molecule has 0 amide bonds. The summed E-state index contributed by atoms with van der Waals surface area (Å²) < 4.78 is 0. The molecule has 1 atom stereocenters. The smallest absolute Gasteiger partial charge is 0.0437 e. The summed E-state index contributed by atoms with van der Waals surface area (Å²) in [5, 5.41) is 11.8. The molecule has 0 aliphatic heterocycles. The van der Waals surface area contributed by atoms with Gasteiger partial charge in [0.05, 0.1) is 0 Å². The van der Waals surface area contributed by atoms with Gasteiger partial charge in [0.15, 0.2) is 0 Å². The Bertz CT molecular complexity index is 419. The molecule has 0 bridgehead atoms. The molecule has 1 fully saturated rings. The van der Waals surface area contributed by atoms with Crippen LogP contribution in [-0.4, -0.2) is 11.8 Å². The van der Waals surface area contributed by atoms with Gasteiger partial charge < -0.3 is 10.7 Å². The van der Waals surface area contributed by atoms with E-state index < -0.39 is 0 Å². The van der Waals surface area contributed by atoms with E-state index in [0.717, 1.165) is 23.4 Å². The zero-order valence-corrected chi connectivity index (χ0v) is 11.0. The van der Waals surface area contributed by atoms with Crippen LogP contribution in [0.5, 0.6) is 0 Å². The van der Waals surface area contributed by atoms with Crippen molar-refractivity contribution < 1.29 is 0 Å². The van der Waals surface area contributed by atoms with E-state index in [4.69, 9.17) is 5.41 Å². The molecule has 92 valence electrons. The normalized spacial score (nSPS) is 16.6. The maximum Gasteiger partial charge on any atom is 0.0437 e. The molecule has 17 heavy (non-hydrogen) atoms. The summed E-state index contributed by atoms with van der Waals surface area (Å²) >= 11 is 0. The second-order valence-electron chi connectivity index (χ2n) is 5.19. The first kappa shape index (κ1) is 12.2. The van der Waals surface area contributed by atoms with Crippen LogP contribution in [0, 0.1) is 18.3 Å². The zero-order valence-electron chi connectivity index (χ0n) is 11.0. The first-order valence-corrected chi connectivity index (χ1v) is 6.57. The van der Waals surface area contributed by atoms with E-state index in [2.05, 4.69) is 44.3 Å². The monoisotopic (exact) mass is 230 g/mol. The summed E-state index contributed by atoms with van der Waals surface area (Å²) in [7, 11) is 0. The molecule has 2 heteroatoms. The van der Waals surface area contributed by atoms with Crippen LogP contribution >= 0.6 is 0 Å². The molecule has 0 aromatic heterocycles. The molecule has 1 aromatic carbocycles. The molecular weight excluding hydrogens is 208 g/mol. The Morgan fingerprint density at radius 2 is 2.18 bits per heavy atom. The standard InChI is InChI=1S/C15H22N2/c1-4-11(3)17-14-8-5-10(2)9-13(14)15(16)12-6-7-12/h5,8-9,11-12,16-17H,4,6-7H2,1-3H3/t11-/m0/s1. The van der Waals surface area contributed by atoms with Crippen molar-refractivity contribution in [2.45, 2.75) is 46.1 Å². The molecular formula is C15H22N2. The molecule has 1 aromatic rings. The third-order valence-corrected chi connectivity index (χ3v) is 3.47. The van der Waals surface area contributed by atoms with Crippen LogP contribution in [0.15, 0.2) is 18.2 Å². The van der Waals surface area contributed by atoms with E-state index in [1.165, 1.54) is 18.4 Å². The van der Waals surface area contributed by atoms with E-state index in [0.29, 0.717) is 12.0 Å². The van der Waals surface area contributed by atoms with Gasteiger partial charge in [-0.15, -0.1) is 0 Å². The number of benzene rings is 1. The molecule has 0 spiro atoms. The quantitative estimate of drug-likeness (QED) is 0.737. The summed E-state index contributed by atoms with van der Waals surface area (Å²) in [5.74, 6) is 0.509. The number of nitrogens with one attached hydrogen (secondary N) is 2. The lowest BCUT2D eigenvalue weighted by molar-refractivity contribution is 0.763. The fourth-order valence-electron chi connectivity index (χ4n) is 1.97. The summed E-state index contributed by atoms with van der Waals surface area (Å²) in [6.45, 7) is 6.46. The highest BCUT2D eigenvalue weighted by atomic mass is 14.9. The Balaban J connectivity index is 2.26. The predicted octanol–water partition coefficient (Wildman–Crippen LogP) is 3.98. The van der Waals surface area contributed by atoms with Gasteiger partial charge >= 0.3 is 0 Å². The van der Waals surface area contributed by atoms with Crippen molar-refractivity contribution in [3.63, 3.8) is 0 Å². The summed E-state index contributed by atoms with van der Waals surface area (Å²) in [6, 6.07) is 6.84. The van der Waals surface area contributed by atoms with Crippen LogP contribution in [0.25, 0.3) is 0 Å². The van der Waals surface area contributed by atoms with E-state index in [-0.39, 0.29) is 0 Å². The van der Waals surface area contributed by atoms with Crippen molar-refractivity contribution in [2.75, 3.05) is 5.32 Å². The first-order valence-electron chi connectivity index (χ1n) is 6.57. The van der Waals surface area contributed by atoms with E-state index >= 15 is 0 Å². The highest BCUT2D eigenvalue weighted by Gasteiger charge is 2.28. The first-order chi connectivity index (χ1) is 8.11. The number of hydrogen-bond donors (Lipinski definition) is 2. The molecule has 1 aliphatic carbocycles. The zero-order chi connectivity index (χ0) is 12.4. The van der Waals surface area contributed by atoms with Crippen molar-refractivity contribution in [1.82, 2.24) is 0 Å². The van der Waals surface area contributed by atoms with Gasteiger partial charge in [0.1, 0.15) is 0 Å². The topological polar surface area (TPSA) is 35.9 Å². The Morgan fingerprint density at radius 3 is 2.76 bits per heavy atom. The van der Waals surface area contributed by atoms with E-state index in [9.17, 15) is 0 Å². The molecule has 1 aliphatic rings. The Hall–Kier alpha value is -1.31. The van der Waals surface area contributed by atoms with Gasteiger partial charge in [-0.25, -0.2) is 0 Å². The van der Waals surface area contributed by atoms with Crippen molar-refractivity contribution >= 4 is 11.4 Å². The third-order valence-electron chi connectivity index (χ3n) is 3.47. The summed E-state index contributed by atoms with van der Waals surface area (Å²) in [6.07, 6.45) is 3.48. The second kappa shape index (κ2) is 4.91. The SMILES string of the molecule is CC[C@H](C)Nc1ccc(C)cc1C(=N)C1CC1. The number of rotatable bonds is 5. The Morgan fingerprint density at radius 1 is 1.47 bits per heavy atom. The largest absolute Gasteiger partial charge is 0.382 e. The average molecular weight is 230 g/mol. The van der Waals surface area contributed by atoms with Crippen LogP contribution in [0.4, 0.5) is 5.69 Å². The Kier molecular flexibility index (Phi) is 3.51. The lowest BCUT2D eigenvalue weighted by atomic mass is 10.0. The molecule has 0 saturated heterocycles. The fourth-order valence-corrected chi connectivity index (χ4v) is 1.97. The van der Waals surface area contributed by atoms with Crippen molar-refractivity contribution in [3.05, 3.63) is 29.3 Å². The number of anilines is 1. The van der Waals surface area contributed by atoms with Crippen LogP contribution in [-0.2, 0) is 0 Å². The van der Waals surface area contributed by atoms with Crippen LogP contribution < -0.4 is 5.32 Å². The molecule has 2 nitrogen and oxygen atoms in total. The minimum absolute atomic E-state index is 0.462. The molecule has 0 radical (unpaired) electrons. The number of aryl methyl sites for hydroxylation is 1. The number of hydrogen-bond acceptors (Lipinski definition) is 2. The maximum atomic E-state index is 8.25. The summed E-state index contributed by atoms with van der Waals surface area (Å²) in [5.41, 5.74) is 4.29.